The zero-order valence-electron chi connectivity index (χ0n) is 12.0. The van der Waals surface area contributed by atoms with Crippen LogP contribution in [0.5, 0.6) is 0 Å². The molecule has 1 N–H and O–H groups in total. The van der Waals surface area contributed by atoms with Crippen LogP contribution in [0.2, 0.25) is 0 Å². The number of likely N-dealkylation sites (N-methyl/N-ethyl adjacent to an activating group) is 1. The number of hydrogen-bond donors (Lipinski definition) is 1. The van der Waals surface area contributed by atoms with Gasteiger partial charge in [-0.1, -0.05) is 20.3 Å². The summed E-state index contributed by atoms with van der Waals surface area (Å²) in [7, 11) is 2.05. The van der Waals surface area contributed by atoms with Gasteiger partial charge in [-0.3, -0.25) is 4.90 Å². The highest BCUT2D eigenvalue weighted by Gasteiger charge is 2.22. The van der Waals surface area contributed by atoms with E-state index in [9.17, 15) is 0 Å². The molecule has 1 rings (SSSR count). The first kappa shape index (κ1) is 14.9. The minimum absolute atomic E-state index is 0.831. The zero-order valence-corrected chi connectivity index (χ0v) is 12.0. The average Bonchev–Trinajstić information content (AvgIpc) is 2.39. The van der Waals surface area contributed by atoms with Gasteiger partial charge in [0.25, 0.3) is 0 Å². The van der Waals surface area contributed by atoms with E-state index >= 15 is 0 Å². The zero-order chi connectivity index (χ0) is 12.5. The number of nitrogens with zero attached hydrogens (tertiary/aromatic N) is 2. The van der Waals surface area contributed by atoms with E-state index in [0.717, 1.165) is 12.6 Å². The fraction of sp³-hybridized carbons (Fsp3) is 1.00. The molecule has 1 heterocycles. The van der Waals surface area contributed by atoms with E-state index in [-0.39, 0.29) is 0 Å². The first-order chi connectivity index (χ1) is 8.31. The number of unbranched alkanes of at least 4 members (excludes halogenated alkanes) is 1. The Morgan fingerprint density at radius 1 is 1.18 bits per heavy atom. The number of nitrogens with one attached hydrogen (secondary N) is 1. The van der Waals surface area contributed by atoms with Gasteiger partial charge in [-0.2, -0.15) is 0 Å². The monoisotopic (exact) mass is 241 g/mol. The molecule has 1 saturated heterocycles. The Hall–Kier alpha value is -0.120. The molecule has 1 aliphatic rings. The lowest BCUT2D eigenvalue weighted by Gasteiger charge is -2.38. The number of likely N-dealkylation sites (tertiary alicyclic amines) is 1. The van der Waals surface area contributed by atoms with Crippen LogP contribution in [0.4, 0.5) is 0 Å². The average molecular weight is 241 g/mol. The van der Waals surface area contributed by atoms with Crippen molar-refractivity contribution in [2.75, 3.05) is 46.3 Å². The highest BCUT2D eigenvalue weighted by atomic mass is 15.2. The minimum Gasteiger partial charge on any atom is -0.318 e. The summed E-state index contributed by atoms with van der Waals surface area (Å²) < 4.78 is 0. The summed E-state index contributed by atoms with van der Waals surface area (Å²) in [5.74, 6) is 0. The van der Waals surface area contributed by atoms with E-state index in [1.54, 1.807) is 0 Å². The van der Waals surface area contributed by atoms with Crippen molar-refractivity contribution in [3.05, 3.63) is 0 Å². The van der Waals surface area contributed by atoms with Gasteiger partial charge in [0.2, 0.25) is 0 Å². The molecule has 3 heteroatoms. The summed E-state index contributed by atoms with van der Waals surface area (Å²) in [4.78, 5) is 5.29. The van der Waals surface area contributed by atoms with Crippen LogP contribution in [0.15, 0.2) is 0 Å². The Labute approximate surface area is 108 Å². The van der Waals surface area contributed by atoms with E-state index < -0.39 is 0 Å². The summed E-state index contributed by atoms with van der Waals surface area (Å²) in [5.41, 5.74) is 0. The van der Waals surface area contributed by atoms with E-state index in [1.807, 2.05) is 0 Å². The maximum atomic E-state index is 3.28. The third-order valence-corrected chi connectivity index (χ3v) is 3.97. The van der Waals surface area contributed by atoms with Gasteiger partial charge in [0.15, 0.2) is 0 Å². The number of rotatable bonds is 8. The van der Waals surface area contributed by atoms with Crippen molar-refractivity contribution in [1.29, 1.82) is 0 Å². The fourth-order valence-electron chi connectivity index (χ4n) is 2.69. The van der Waals surface area contributed by atoms with E-state index in [1.165, 1.54) is 58.4 Å². The van der Waals surface area contributed by atoms with Crippen LogP contribution in [-0.4, -0.2) is 62.2 Å². The first-order valence-corrected chi connectivity index (χ1v) is 7.42. The highest BCUT2D eigenvalue weighted by molar-refractivity contribution is 4.79. The fourth-order valence-corrected chi connectivity index (χ4v) is 2.69. The molecule has 0 aliphatic carbocycles. The predicted molar refractivity (Wildman–Crippen MR) is 75.5 cm³/mol. The molecule has 0 atom stereocenters. The first-order valence-electron chi connectivity index (χ1n) is 7.42. The quantitative estimate of drug-likeness (QED) is 0.699. The molecular weight excluding hydrogens is 210 g/mol. The molecule has 0 spiro atoms. The van der Waals surface area contributed by atoms with Crippen molar-refractivity contribution in [1.82, 2.24) is 15.1 Å². The van der Waals surface area contributed by atoms with Gasteiger partial charge in [0.05, 0.1) is 0 Å². The molecule has 0 aromatic rings. The molecule has 102 valence electrons. The Bertz CT molecular complexity index is 168. The van der Waals surface area contributed by atoms with Crippen molar-refractivity contribution in [2.24, 2.45) is 0 Å². The highest BCUT2D eigenvalue weighted by Crippen LogP contribution is 2.16. The third kappa shape index (κ3) is 5.36. The summed E-state index contributed by atoms with van der Waals surface area (Å²) in [6, 6.07) is 0.831. The summed E-state index contributed by atoms with van der Waals surface area (Å²) in [6.07, 6.45) is 5.38. The van der Waals surface area contributed by atoms with Crippen LogP contribution in [0.25, 0.3) is 0 Å². The number of hydrogen-bond acceptors (Lipinski definition) is 3. The second-order valence-corrected chi connectivity index (χ2v) is 5.16. The Morgan fingerprint density at radius 3 is 2.41 bits per heavy atom. The van der Waals surface area contributed by atoms with Gasteiger partial charge in [-0.15, -0.1) is 0 Å². The standard InChI is InChI=1S/C14H31N3/c1-4-6-10-17(13-9-15-3)14-7-11-16(5-2)12-8-14/h14-15H,4-13H2,1-3H3. The minimum atomic E-state index is 0.831. The van der Waals surface area contributed by atoms with Crippen molar-refractivity contribution in [2.45, 2.75) is 45.6 Å². The van der Waals surface area contributed by atoms with Gasteiger partial charge in [-0.25, -0.2) is 0 Å². The molecule has 0 amide bonds. The van der Waals surface area contributed by atoms with Crippen molar-refractivity contribution < 1.29 is 0 Å². The largest absolute Gasteiger partial charge is 0.318 e. The molecular formula is C14H31N3. The summed E-state index contributed by atoms with van der Waals surface area (Å²) in [6.45, 7) is 12.0. The summed E-state index contributed by atoms with van der Waals surface area (Å²) in [5, 5.41) is 3.28. The Kier molecular flexibility index (Phi) is 7.82. The molecule has 0 aromatic carbocycles. The van der Waals surface area contributed by atoms with Crippen LogP contribution < -0.4 is 5.32 Å². The smallest absolute Gasteiger partial charge is 0.0120 e. The van der Waals surface area contributed by atoms with E-state index in [4.69, 9.17) is 0 Å². The normalized spacial score (nSPS) is 19.1. The lowest BCUT2D eigenvalue weighted by Crippen LogP contribution is -2.46. The van der Waals surface area contributed by atoms with Crippen molar-refractivity contribution >= 4 is 0 Å². The van der Waals surface area contributed by atoms with Crippen LogP contribution >= 0.6 is 0 Å². The Balaban J connectivity index is 2.34. The van der Waals surface area contributed by atoms with Crippen LogP contribution in [0.1, 0.15) is 39.5 Å². The van der Waals surface area contributed by atoms with Gasteiger partial charge in [-0.05, 0) is 52.5 Å². The molecule has 1 aliphatic heterocycles. The van der Waals surface area contributed by atoms with Gasteiger partial charge < -0.3 is 10.2 Å². The molecule has 0 bridgehead atoms. The maximum absolute atomic E-state index is 3.28. The lowest BCUT2D eigenvalue weighted by molar-refractivity contribution is 0.110. The SMILES string of the molecule is CCCCN(CCNC)C1CCN(CC)CC1. The lowest BCUT2D eigenvalue weighted by atomic mass is 10.0. The van der Waals surface area contributed by atoms with Gasteiger partial charge in [0.1, 0.15) is 0 Å². The second kappa shape index (κ2) is 8.90. The molecule has 1 fully saturated rings. The molecule has 3 nitrogen and oxygen atoms in total. The predicted octanol–water partition coefficient (Wildman–Crippen LogP) is 1.79. The molecule has 0 unspecified atom stereocenters. The van der Waals surface area contributed by atoms with Crippen molar-refractivity contribution in [3.8, 4) is 0 Å². The number of piperidine rings is 1. The topological polar surface area (TPSA) is 18.5 Å². The molecule has 0 saturated carbocycles. The van der Waals surface area contributed by atoms with Gasteiger partial charge >= 0.3 is 0 Å². The van der Waals surface area contributed by atoms with Crippen LogP contribution in [-0.2, 0) is 0 Å². The van der Waals surface area contributed by atoms with Crippen molar-refractivity contribution in [3.63, 3.8) is 0 Å². The van der Waals surface area contributed by atoms with Crippen LogP contribution in [0, 0.1) is 0 Å². The second-order valence-electron chi connectivity index (χ2n) is 5.16. The Morgan fingerprint density at radius 2 is 1.88 bits per heavy atom. The maximum Gasteiger partial charge on any atom is 0.0120 e. The summed E-state index contributed by atoms with van der Waals surface area (Å²) >= 11 is 0. The van der Waals surface area contributed by atoms with Gasteiger partial charge in [0, 0.05) is 19.1 Å². The van der Waals surface area contributed by atoms with Crippen LogP contribution in [0.3, 0.4) is 0 Å². The molecule has 17 heavy (non-hydrogen) atoms. The molecule has 0 radical (unpaired) electrons. The van der Waals surface area contributed by atoms with E-state index in [0.29, 0.717) is 0 Å². The van der Waals surface area contributed by atoms with E-state index in [2.05, 4.69) is 36.0 Å². The molecule has 0 aromatic heterocycles. The third-order valence-electron chi connectivity index (χ3n) is 3.97.